The van der Waals surface area contributed by atoms with E-state index in [2.05, 4.69) is 118 Å². The molecule has 1 saturated heterocycles. The van der Waals surface area contributed by atoms with Crippen molar-refractivity contribution in [2.75, 3.05) is 13.2 Å². The lowest BCUT2D eigenvalue weighted by molar-refractivity contribution is -0.301. The van der Waals surface area contributed by atoms with E-state index in [1.54, 1.807) is 0 Å². The maximum absolute atomic E-state index is 13.2. The molecule has 6 unspecified atom stereocenters. The molecule has 0 amide bonds. The quantitative estimate of drug-likeness (QED) is 0.0228. The number of carboxylic acids is 1. The molecule has 12 nitrogen and oxygen atoms in total. The number of esters is 3. The van der Waals surface area contributed by atoms with Gasteiger partial charge in [0.2, 0.25) is 0 Å². The van der Waals surface area contributed by atoms with Crippen LogP contribution in [0.5, 0.6) is 0 Å². The fraction of sp³-hybridized carbons (Fsp3) is 0.726. The van der Waals surface area contributed by atoms with Crippen molar-refractivity contribution in [1.29, 1.82) is 0 Å². The van der Waals surface area contributed by atoms with Crippen LogP contribution in [0.1, 0.15) is 290 Å². The minimum Gasteiger partial charge on any atom is -0.479 e. The maximum Gasteiger partial charge on any atom is 0.335 e. The Labute approximate surface area is 517 Å². The Kier molecular flexibility index (Phi) is 55.5. The number of hydrogen-bond acceptors (Lipinski definition) is 11. The zero-order chi connectivity index (χ0) is 61.7. The summed E-state index contributed by atoms with van der Waals surface area (Å²) in [7, 11) is 0. The molecule has 1 aliphatic rings. The smallest absolute Gasteiger partial charge is 0.335 e. The number of carbonyl (C=O) groups excluding carboxylic acids is 3. The molecular weight excluding hydrogens is 1070 g/mol. The third-order valence-electron chi connectivity index (χ3n) is 15.2. The average Bonchev–Trinajstić information content (AvgIpc) is 3.51. The minimum atomic E-state index is -1.91. The summed E-state index contributed by atoms with van der Waals surface area (Å²) in [4.78, 5) is 51.5. The summed E-state index contributed by atoms with van der Waals surface area (Å²) >= 11 is 0. The molecular formula is C73H122O12. The number of carboxylic acid groups (broad SMARTS) is 1. The van der Waals surface area contributed by atoms with Gasteiger partial charge in [-0.05, 0) is 96.3 Å². The number of rotatable bonds is 58. The lowest BCUT2D eigenvalue weighted by Gasteiger charge is -2.40. The van der Waals surface area contributed by atoms with Gasteiger partial charge in [0.25, 0.3) is 0 Å². The van der Waals surface area contributed by atoms with Crippen molar-refractivity contribution in [3.05, 3.63) is 97.2 Å². The zero-order valence-electron chi connectivity index (χ0n) is 53.8. The van der Waals surface area contributed by atoms with Crippen LogP contribution in [0.2, 0.25) is 0 Å². The molecule has 0 aliphatic carbocycles. The van der Waals surface area contributed by atoms with Gasteiger partial charge in [-0.25, -0.2) is 4.79 Å². The van der Waals surface area contributed by atoms with Crippen molar-refractivity contribution in [3.8, 4) is 0 Å². The maximum atomic E-state index is 13.2. The first-order chi connectivity index (χ1) is 41.6. The molecule has 0 radical (unpaired) electrons. The monoisotopic (exact) mass is 1190 g/mol. The van der Waals surface area contributed by atoms with E-state index < -0.39 is 67.3 Å². The fourth-order valence-electron chi connectivity index (χ4n) is 10.00. The standard InChI is InChI=1S/C73H122O12/c1-4-7-10-13-16-19-22-25-28-31-33-36-38-41-44-47-50-53-56-59-65(74)81-62-64(83-66(75)60-57-54-51-48-45-42-39-35-30-27-24-21-18-15-12-9-6-3)63-82-73-71(69(78)68(77)70(85-73)72(79)80)84-67(76)61-58-55-52-49-46-43-40-37-34-32-29-26-23-20-17-14-11-8-5-2/h7-8,10-11,16-17,19-20,25-26,28-29,33-34,36-37,64,68-71,73,77-78H,4-6,9,12-15,18,21-24,27,30-32,35,38-63H2,1-3H3,(H,79,80)/b10-7-,11-8-,19-16-,20-17-,28-25-,29-26-,36-33-,37-34-. The Morgan fingerprint density at radius 3 is 1.13 bits per heavy atom. The molecule has 0 aromatic carbocycles. The molecule has 3 N–H and O–H groups in total. The van der Waals surface area contributed by atoms with Gasteiger partial charge >= 0.3 is 23.9 Å². The first-order valence-electron chi connectivity index (χ1n) is 34.2. The molecule has 0 bridgehead atoms. The van der Waals surface area contributed by atoms with Crippen LogP contribution >= 0.6 is 0 Å². The molecule has 1 heterocycles. The van der Waals surface area contributed by atoms with Gasteiger partial charge in [0, 0.05) is 19.3 Å². The van der Waals surface area contributed by atoms with Crippen molar-refractivity contribution in [1.82, 2.24) is 0 Å². The van der Waals surface area contributed by atoms with Gasteiger partial charge in [0.05, 0.1) is 6.61 Å². The molecule has 1 rings (SSSR count). The Bertz CT molecular complexity index is 1840. The van der Waals surface area contributed by atoms with Crippen LogP contribution in [-0.4, -0.2) is 89.2 Å². The Morgan fingerprint density at radius 1 is 0.400 bits per heavy atom. The van der Waals surface area contributed by atoms with Crippen molar-refractivity contribution in [3.63, 3.8) is 0 Å². The van der Waals surface area contributed by atoms with E-state index in [0.29, 0.717) is 19.3 Å². The minimum absolute atomic E-state index is 0.0403. The fourth-order valence-corrected chi connectivity index (χ4v) is 10.00. The second kappa shape index (κ2) is 59.9. The molecule has 1 aliphatic heterocycles. The number of aliphatic carboxylic acids is 1. The molecule has 486 valence electrons. The van der Waals surface area contributed by atoms with Crippen LogP contribution in [0.3, 0.4) is 0 Å². The number of ether oxygens (including phenoxy) is 5. The van der Waals surface area contributed by atoms with Crippen molar-refractivity contribution >= 4 is 23.9 Å². The third-order valence-corrected chi connectivity index (χ3v) is 15.2. The van der Waals surface area contributed by atoms with E-state index in [1.807, 2.05) is 0 Å². The molecule has 6 atom stereocenters. The average molecular weight is 1190 g/mol. The molecule has 12 heteroatoms. The Balaban J connectivity index is 2.66. The highest BCUT2D eigenvalue weighted by Crippen LogP contribution is 2.27. The topological polar surface area (TPSA) is 175 Å². The predicted octanol–water partition coefficient (Wildman–Crippen LogP) is 18.8. The van der Waals surface area contributed by atoms with E-state index >= 15 is 0 Å². The van der Waals surface area contributed by atoms with Gasteiger partial charge in [-0.2, -0.15) is 0 Å². The van der Waals surface area contributed by atoms with Crippen molar-refractivity contribution < 1.29 is 58.2 Å². The van der Waals surface area contributed by atoms with Crippen LogP contribution in [0.4, 0.5) is 0 Å². The highest BCUT2D eigenvalue weighted by atomic mass is 16.7. The van der Waals surface area contributed by atoms with Gasteiger partial charge < -0.3 is 39.0 Å². The Morgan fingerprint density at radius 2 is 0.741 bits per heavy atom. The summed E-state index contributed by atoms with van der Waals surface area (Å²) in [6.45, 7) is 5.79. The van der Waals surface area contributed by atoms with E-state index in [9.17, 15) is 34.5 Å². The van der Waals surface area contributed by atoms with Gasteiger partial charge in [-0.15, -0.1) is 0 Å². The highest BCUT2D eigenvalue weighted by molar-refractivity contribution is 5.74. The first-order valence-corrected chi connectivity index (χ1v) is 34.2. The lowest BCUT2D eigenvalue weighted by Crippen LogP contribution is -2.61. The lowest BCUT2D eigenvalue weighted by atomic mass is 9.98. The van der Waals surface area contributed by atoms with Crippen LogP contribution in [-0.2, 0) is 42.9 Å². The van der Waals surface area contributed by atoms with E-state index in [4.69, 9.17) is 23.7 Å². The van der Waals surface area contributed by atoms with Crippen LogP contribution in [0.25, 0.3) is 0 Å². The number of aliphatic hydroxyl groups excluding tert-OH is 2. The number of aliphatic hydroxyl groups is 2. The number of unbranched alkanes of at least 4 members (excludes halogenated alkanes) is 28. The SMILES string of the molecule is CC/C=C\C/C=C\C/C=C\C/C=C\CCCCCCCCC(=O)OCC(COC1OC(C(=O)O)C(O)C(O)C1OC(=O)CCCCCCCC/C=C\C/C=C\C/C=C\C/C=C\CC)OC(=O)CCCCCCCCCCCCCCCCCCC. The van der Waals surface area contributed by atoms with Crippen LogP contribution in [0, 0.1) is 0 Å². The molecule has 1 fully saturated rings. The summed E-state index contributed by atoms with van der Waals surface area (Å²) in [6, 6.07) is 0. The van der Waals surface area contributed by atoms with Crippen LogP contribution < -0.4 is 0 Å². The van der Waals surface area contributed by atoms with Crippen LogP contribution in [0.15, 0.2) is 97.2 Å². The number of hydrogen-bond donors (Lipinski definition) is 3. The molecule has 0 aromatic rings. The van der Waals surface area contributed by atoms with Gasteiger partial charge in [0.1, 0.15) is 18.8 Å². The summed E-state index contributed by atoms with van der Waals surface area (Å²) in [5, 5.41) is 31.7. The highest BCUT2D eigenvalue weighted by Gasteiger charge is 2.50. The summed E-state index contributed by atoms with van der Waals surface area (Å²) in [6.07, 6.45) is 67.8. The summed E-state index contributed by atoms with van der Waals surface area (Å²) in [5.74, 6) is -3.14. The van der Waals surface area contributed by atoms with Gasteiger partial charge in [-0.1, -0.05) is 272 Å². The first kappa shape index (κ1) is 78.7. The summed E-state index contributed by atoms with van der Waals surface area (Å²) in [5.41, 5.74) is 0. The van der Waals surface area contributed by atoms with Crippen molar-refractivity contribution in [2.24, 2.45) is 0 Å². The molecule has 85 heavy (non-hydrogen) atoms. The van der Waals surface area contributed by atoms with Crippen molar-refractivity contribution in [2.45, 2.75) is 327 Å². The van der Waals surface area contributed by atoms with Gasteiger partial charge in [0.15, 0.2) is 24.6 Å². The van der Waals surface area contributed by atoms with E-state index in [-0.39, 0.29) is 25.9 Å². The number of carbonyl (C=O) groups is 4. The predicted molar refractivity (Wildman–Crippen MR) is 349 cm³/mol. The van der Waals surface area contributed by atoms with E-state index in [1.165, 1.54) is 83.5 Å². The zero-order valence-corrected chi connectivity index (χ0v) is 53.8. The molecule has 0 aromatic heterocycles. The molecule has 0 saturated carbocycles. The number of allylic oxidation sites excluding steroid dienone is 16. The summed E-state index contributed by atoms with van der Waals surface area (Å²) < 4.78 is 28.6. The third kappa shape index (κ3) is 49.3. The normalized spacial score (nSPS) is 18.1. The second-order valence-corrected chi connectivity index (χ2v) is 23.1. The van der Waals surface area contributed by atoms with Gasteiger partial charge in [-0.3, -0.25) is 14.4 Å². The second-order valence-electron chi connectivity index (χ2n) is 23.1. The van der Waals surface area contributed by atoms with E-state index in [0.717, 1.165) is 148 Å². The largest absolute Gasteiger partial charge is 0.479 e. The Hall–Kier alpha value is -4.36. The molecule has 0 spiro atoms.